The lowest BCUT2D eigenvalue weighted by atomic mass is 9.88. The van der Waals surface area contributed by atoms with Crippen molar-refractivity contribution in [2.24, 2.45) is 11.3 Å². The smallest absolute Gasteiger partial charge is 0.272 e. The molecule has 2 heteroatoms. The summed E-state index contributed by atoms with van der Waals surface area (Å²) >= 11 is 0. The second-order valence-corrected chi connectivity index (χ2v) is 5.22. The minimum absolute atomic E-state index is 0.191. The van der Waals surface area contributed by atoms with Crippen molar-refractivity contribution < 1.29 is 9.59 Å². The van der Waals surface area contributed by atoms with E-state index >= 15 is 0 Å². The number of Topliss-reactive ketones (excluding diaryl/α,β-unsaturated/α-hetero) is 2. The van der Waals surface area contributed by atoms with E-state index in [2.05, 4.69) is 18.8 Å². The normalized spacial score (nSPS) is 12.6. The van der Waals surface area contributed by atoms with Crippen molar-refractivity contribution in [1.82, 2.24) is 0 Å². The van der Waals surface area contributed by atoms with Crippen LogP contribution in [0.4, 0.5) is 0 Å². The molecule has 0 aromatic rings. The monoisotopic (exact) mass is 222 g/mol. The number of hydrogen-bond donors (Lipinski definition) is 0. The lowest BCUT2D eigenvalue weighted by Gasteiger charge is -2.12. The number of carbonyl (C=O) groups is 2. The van der Waals surface area contributed by atoms with E-state index in [4.69, 9.17) is 0 Å². The molecule has 0 saturated carbocycles. The Morgan fingerprint density at radius 3 is 2.25 bits per heavy atom. The third-order valence-electron chi connectivity index (χ3n) is 2.31. The average molecular weight is 222 g/mol. The maximum Gasteiger partial charge on any atom is 0.272 e. The average Bonchev–Trinajstić information content (AvgIpc) is 2.20. The fourth-order valence-electron chi connectivity index (χ4n) is 1.17. The van der Waals surface area contributed by atoms with Gasteiger partial charge in [0.1, 0.15) is 0 Å². The largest absolute Gasteiger partial charge is 0.289 e. The number of unbranched alkanes of at least 4 members (excludes halogenated alkanes) is 1. The van der Waals surface area contributed by atoms with Gasteiger partial charge in [-0.3, -0.25) is 9.59 Å². The maximum absolute atomic E-state index is 11.5. The lowest BCUT2D eigenvalue weighted by molar-refractivity contribution is -0.138. The Bertz CT molecular complexity index is 310. The summed E-state index contributed by atoms with van der Waals surface area (Å²) in [4.78, 5) is 23.0. The van der Waals surface area contributed by atoms with Gasteiger partial charge in [-0.1, -0.05) is 53.4 Å². The quantitative estimate of drug-likeness (QED) is 0.416. The zero-order chi connectivity index (χ0) is 12.8. The van der Waals surface area contributed by atoms with Crippen molar-refractivity contribution in [1.29, 1.82) is 0 Å². The van der Waals surface area contributed by atoms with Crippen LogP contribution in [0.2, 0.25) is 0 Å². The summed E-state index contributed by atoms with van der Waals surface area (Å²) in [6.07, 6.45) is 3.22. The fraction of sp³-hybridized carbons (Fsp3) is 0.714. The van der Waals surface area contributed by atoms with Gasteiger partial charge in [0, 0.05) is 11.3 Å². The van der Waals surface area contributed by atoms with E-state index in [-0.39, 0.29) is 5.92 Å². The molecule has 0 radical (unpaired) electrons. The minimum atomic E-state index is -0.627. The summed E-state index contributed by atoms with van der Waals surface area (Å²) in [6.45, 7) is 9.30. The second kappa shape index (κ2) is 6.48. The lowest BCUT2D eigenvalue weighted by Crippen LogP contribution is -2.27. The Morgan fingerprint density at radius 2 is 1.81 bits per heavy atom. The number of rotatable bonds is 4. The predicted molar refractivity (Wildman–Crippen MR) is 65.9 cm³/mol. The van der Waals surface area contributed by atoms with Crippen LogP contribution in [0.3, 0.4) is 0 Å². The van der Waals surface area contributed by atoms with Crippen LogP contribution in [0, 0.1) is 23.2 Å². The third-order valence-corrected chi connectivity index (χ3v) is 2.31. The van der Waals surface area contributed by atoms with E-state index in [1.807, 2.05) is 6.92 Å². The zero-order valence-electron chi connectivity index (χ0n) is 11.0. The van der Waals surface area contributed by atoms with Crippen LogP contribution in [0.5, 0.6) is 0 Å². The Hall–Kier alpha value is -1.10. The van der Waals surface area contributed by atoms with Crippen molar-refractivity contribution in [2.75, 3.05) is 0 Å². The Kier molecular flexibility index (Phi) is 6.03. The van der Waals surface area contributed by atoms with Crippen molar-refractivity contribution in [3.8, 4) is 11.8 Å². The van der Waals surface area contributed by atoms with Gasteiger partial charge < -0.3 is 0 Å². The molecule has 2 nitrogen and oxygen atoms in total. The highest BCUT2D eigenvalue weighted by atomic mass is 16.2. The molecule has 0 aliphatic heterocycles. The first-order valence-electron chi connectivity index (χ1n) is 5.89. The standard InChI is InChI=1S/C14H22O2/c1-6-7-8-11(2)9-10-12(15)13(16)14(3,4)5/h11H,6-8H2,1-5H3. The highest BCUT2D eigenvalue weighted by molar-refractivity contribution is 6.45. The number of hydrogen-bond acceptors (Lipinski definition) is 2. The van der Waals surface area contributed by atoms with Crippen LogP contribution in [0.25, 0.3) is 0 Å². The summed E-state index contributed by atoms with van der Waals surface area (Å²) < 4.78 is 0. The molecule has 16 heavy (non-hydrogen) atoms. The van der Waals surface area contributed by atoms with Gasteiger partial charge in [-0.05, 0) is 12.3 Å². The van der Waals surface area contributed by atoms with Gasteiger partial charge in [-0.25, -0.2) is 0 Å². The van der Waals surface area contributed by atoms with E-state index in [1.165, 1.54) is 0 Å². The van der Waals surface area contributed by atoms with E-state index in [9.17, 15) is 9.59 Å². The number of ketones is 2. The molecule has 0 N–H and O–H groups in total. The summed E-state index contributed by atoms with van der Waals surface area (Å²) in [6, 6.07) is 0. The van der Waals surface area contributed by atoms with Crippen LogP contribution in [-0.4, -0.2) is 11.6 Å². The first-order chi connectivity index (χ1) is 7.29. The molecule has 0 heterocycles. The van der Waals surface area contributed by atoms with Gasteiger partial charge >= 0.3 is 0 Å². The molecular formula is C14H22O2. The summed E-state index contributed by atoms with van der Waals surface area (Å²) in [5, 5.41) is 0. The molecule has 1 unspecified atom stereocenters. The van der Waals surface area contributed by atoms with Crippen LogP contribution < -0.4 is 0 Å². The first kappa shape index (κ1) is 14.9. The van der Waals surface area contributed by atoms with Gasteiger partial charge in [0.05, 0.1) is 0 Å². The minimum Gasteiger partial charge on any atom is -0.289 e. The first-order valence-corrected chi connectivity index (χ1v) is 5.89. The Morgan fingerprint density at radius 1 is 1.25 bits per heavy atom. The molecule has 1 atom stereocenters. The fourth-order valence-corrected chi connectivity index (χ4v) is 1.17. The van der Waals surface area contributed by atoms with Gasteiger partial charge in [0.25, 0.3) is 5.78 Å². The summed E-state index contributed by atoms with van der Waals surface area (Å²) in [7, 11) is 0. The molecular weight excluding hydrogens is 200 g/mol. The van der Waals surface area contributed by atoms with Crippen LogP contribution >= 0.6 is 0 Å². The van der Waals surface area contributed by atoms with Crippen molar-refractivity contribution >= 4 is 11.6 Å². The summed E-state index contributed by atoms with van der Waals surface area (Å²) in [5.41, 5.74) is -0.627. The van der Waals surface area contributed by atoms with Gasteiger partial charge in [0.2, 0.25) is 5.78 Å². The predicted octanol–water partition coefficient (Wildman–Crippen LogP) is 3.00. The second-order valence-electron chi connectivity index (χ2n) is 5.22. The van der Waals surface area contributed by atoms with Crippen molar-refractivity contribution in [3.05, 3.63) is 0 Å². The molecule has 0 rings (SSSR count). The Labute approximate surface area is 98.8 Å². The van der Waals surface area contributed by atoms with Crippen LogP contribution in [-0.2, 0) is 9.59 Å². The molecule has 0 saturated heterocycles. The van der Waals surface area contributed by atoms with E-state index in [0.29, 0.717) is 0 Å². The van der Waals surface area contributed by atoms with Crippen LogP contribution in [0.15, 0.2) is 0 Å². The highest BCUT2D eigenvalue weighted by Crippen LogP contribution is 2.14. The molecule has 0 amide bonds. The highest BCUT2D eigenvalue weighted by Gasteiger charge is 2.26. The molecule has 0 aromatic heterocycles. The maximum atomic E-state index is 11.5. The molecule has 0 aromatic carbocycles. The SMILES string of the molecule is CCCCC(C)C#CC(=O)C(=O)C(C)(C)C. The van der Waals surface area contributed by atoms with E-state index in [1.54, 1.807) is 20.8 Å². The van der Waals surface area contributed by atoms with Gasteiger partial charge in [-0.15, -0.1) is 0 Å². The van der Waals surface area contributed by atoms with E-state index < -0.39 is 17.0 Å². The summed E-state index contributed by atoms with van der Waals surface area (Å²) in [5.74, 6) is 4.54. The molecule has 90 valence electrons. The van der Waals surface area contributed by atoms with E-state index in [0.717, 1.165) is 19.3 Å². The van der Waals surface area contributed by atoms with Crippen LogP contribution in [0.1, 0.15) is 53.9 Å². The van der Waals surface area contributed by atoms with Gasteiger partial charge in [-0.2, -0.15) is 0 Å². The number of carbonyl (C=O) groups excluding carboxylic acids is 2. The molecule has 0 spiro atoms. The molecule has 0 bridgehead atoms. The molecule has 0 fully saturated rings. The third kappa shape index (κ3) is 5.70. The van der Waals surface area contributed by atoms with Gasteiger partial charge in [0.15, 0.2) is 0 Å². The Balaban J connectivity index is 4.35. The van der Waals surface area contributed by atoms with Crippen molar-refractivity contribution in [3.63, 3.8) is 0 Å². The molecule has 0 aliphatic rings. The van der Waals surface area contributed by atoms with Crippen molar-refractivity contribution in [2.45, 2.75) is 53.9 Å². The zero-order valence-corrected chi connectivity index (χ0v) is 11.0. The topological polar surface area (TPSA) is 34.1 Å². The molecule has 0 aliphatic carbocycles.